The Kier molecular flexibility index (Phi) is 5.72. The Hall–Kier alpha value is -1.22. The Bertz CT molecular complexity index is 417. The lowest BCUT2D eigenvalue weighted by Gasteiger charge is -2.32. The molecular weight excluding hydrogens is 250 g/mol. The Labute approximate surface area is 122 Å². The second-order valence-electron chi connectivity index (χ2n) is 5.44. The maximum Gasteiger partial charge on any atom is 0.161 e. The summed E-state index contributed by atoms with van der Waals surface area (Å²) in [6.45, 7) is 5.30. The molecule has 1 aromatic carbocycles. The number of nitrogens with one attached hydrogen (secondary N) is 1. The maximum absolute atomic E-state index is 6.25. The van der Waals surface area contributed by atoms with Gasteiger partial charge >= 0.3 is 0 Å². The van der Waals surface area contributed by atoms with Crippen LogP contribution in [0.2, 0.25) is 0 Å². The van der Waals surface area contributed by atoms with E-state index in [1.54, 1.807) is 7.11 Å². The quantitative estimate of drug-likeness (QED) is 0.862. The highest BCUT2D eigenvalue weighted by Crippen LogP contribution is 2.32. The molecule has 112 valence electrons. The summed E-state index contributed by atoms with van der Waals surface area (Å²) in [6, 6.07) is 6.72. The van der Waals surface area contributed by atoms with Crippen LogP contribution >= 0.6 is 0 Å². The van der Waals surface area contributed by atoms with Crippen LogP contribution < -0.4 is 14.8 Å². The van der Waals surface area contributed by atoms with Crippen LogP contribution in [0.15, 0.2) is 18.2 Å². The van der Waals surface area contributed by atoms with E-state index in [0.29, 0.717) is 6.04 Å². The molecule has 1 aliphatic carbocycles. The summed E-state index contributed by atoms with van der Waals surface area (Å²) in [5, 5.41) is 3.55. The summed E-state index contributed by atoms with van der Waals surface area (Å²) in [7, 11) is 1.71. The number of rotatable bonds is 6. The first-order valence-corrected chi connectivity index (χ1v) is 7.85. The molecule has 2 unspecified atom stereocenters. The molecule has 1 fully saturated rings. The second-order valence-corrected chi connectivity index (χ2v) is 5.44. The van der Waals surface area contributed by atoms with E-state index in [1.165, 1.54) is 24.8 Å². The molecule has 0 heterocycles. The minimum atomic E-state index is 0.255. The molecule has 3 heteroatoms. The van der Waals surface area contributed by atoms with E-state index < -0.39 is 0 Å². The summed E-state index contributed by atoms with van der Waals surface area (Å²) < 4.78 is 11.7. The van der Waals surface area contributed by atoms with Crippen LogP contribution in [0.25, 0.3) is 0 Å². The van der Waals surface area contributed by atoms with Crippen molar-refractivity contribution in [2.24, 2.45) is 0 Å². The number of hydrogen-bond acceptors (Lipinski definition) is 3. The predicted octanol–water partition coefficient (Wildman–Crippen LogP) is 3.56. The minimum Gasteiger partial charge on any atom is -0.493 e. The molecule has 20 heavy (non-hydrogen) atoms. The van der Waals surface area contributed by atoms with Gasteiger partial charge in [-0.2, -0.15) is 0 Å². The molecule has 3 nitrogen and oxygen atoms in total. The number of aryl methyl sites for hydroxylation is 1. The predicted molar refractivity (Wildman–Crippen MR) is 82.7 cm³/mol. The van der Waals surface area contributed by atoms with Crippen LogP contribution in [0, 0.1) is 0 Å². The molecule has 0 saturated heterocycles. The van der Waals surface area contributed by atoms with Crippen molar-refractivity contribution in [2.45, 2.75) is 58.1 Å². The van der Waals surface area contributed by atoms with Crippen molar-refractivity contribution >= 4 is 0 Å². The smallest absolute Gasteiger partial charge is 0.161 e. The third-order valence-corrected chi connectivity index (χ3v) is 4.08. The van der Waals surface area contributed by atoms with Crippen molar-refractivity contribution in [3.8, 4) is 11.5 Å². The largest absolute Gasteiger partial charge is 0.493 e. The summed E-state index contributed by atoms with van der Waals surface area (Å²) >= 11 is 0. The van der Waals surface area contributed by atoms with E-state index in [-0.39, 0.29) is 6.10 Å². The van der Waals surface area contributed by atoms with E-state index in [9.17, 15) is 0 Å². The zero-order chi connectivity index (χ0) is 14.4. The molecule has 0 bridgehead atoms. The van der Waals surface area contributed by atoms with Gasteiger partial charge in [0.25, 0.3) is 0 Å². The van der Waals surface area contributed by atoms with Crippen LogP contribution in [0.5, 0.6) is 11.5 Å². The number of benzene rings is 1. The van der Waals surface area contributed by atoms with Crippen LogP contribution in [0.4, 0.5) is 0 Å². The first-order chi connectivity index (χ1) is 9.78. The van der Waals surface area contributed by atoms with Gasteiger partial charge in [0.2, 0.25) is 0 Å². The summed E-state index contributed by atoms with van der Waals surface area (Å²) in [6.07, 6.45) is 6.14. The van der Waals surface area contributed by atoms with Gasteiger partial charge in [-0.05, 0) is 49.9 Å². The second kappa shape index (κ2) is 7.53. The Balaban J connectivity index is 2.11. The average molecular weight is 277 g/mol. The van der Waals surface area contributed by atoms with Gasteiger partial charge in [0, 0.05) is 6.04 Å². The van der Waals surface area contributed by atoms with Gasteiger partial charge < -0.3 is 14.8 Å². The fraction of sp³-hybridized carbons (Fsp3) is 0.647. The molecular formula is C17H27NO2. The van der Waals surface area contributed by atoms with Gasteiger partial charge in [-0.15, -0.1) is 0 Å². The molecule has 1 saturated carbocycles. The van der Waals surface area contributed by atoms with Crippen molar-refractivity contribution < 1.29 is 9.47 Å². The van der Waals surface area contributed by atoms with E-state index in [2.05, 4.69) is 37.4 Å². The highest BCUT2D eigenvalue weighted by atomic mass is 16.5. The van der Waals surface area contributed by atoms with Crippen molar-refractivity contribution in [3.05, 3.63) is 23.8 Å². The van der Waals surface area contributed by atoms with E-state index in [1.807, 2.05) is 0 Å². The fourth-order valence-electron chi connectivity index (χ4n) is 2.93. The van der Waals surface area contributed by atoms with Gasteiger partial charge in [-0.25, -0.2) is 0 Å². The molecule has 2 atom stereocenters. The van der Waals surface area contributed by atoms with Crippen molar-refractivity contribution in [2.75, 3.05) is 13.7 Å². The highest BCUT2D eigenvalue weighted by Gasteiger charge is 2.26. The van der Waals surface area contributed by atoms with E-state index >= 15 is 0 Å². The van der Waals surface area contributed by atoms with Gasteiger partial charge in [-0.1, -0.05) is 26.3 Å². The van der Waals surface area contributed by atoms with Gasteiger partial charge in [0.05, 0.1) is 7.11 Å². The van der Waals surface area contributed by atoms with Gasteiger partial charge in [-0.3, -0.25) is 0 Å². The standard InChI is InChI=1S/C17H27NO2/c1-4-13-10-11-16(17(12-13)19-3)20-15-9-7-6-8-14(15)18-5-2/h10-12,14-15,18H,4-9H2,1-3H3. The first-order valence-electron chi connectivity index (χ1n) is 7.85. The van der Waals surface area contributed by atoms with Crippen LogP contribution in [-0.2, 0) is 6.42 Å². The molecule has 1 N–H and O–H groups in total. The topological polar surface area (TPSA) is 30.5 Å². The zero-order valence-electron chi connectivity index (χ0n) is 12.9. The lowest BCUT2D eigenvalue weighted by atomic mass is 9.92. The Morgan fingerprint density at radius 3 is 2.65 bits per heavy atom. The van der Waals surface area contributed by atoms with E-state index in [0.717, 1.165) is 30.9 Å². The third-order valence-electron chi connectivity index (χ3n) is 4.08. The molecule has 0 aliphatic heterocycles. The van der Waals surface area contributed by atoms with Gasteiger partial charge in [0.1, 0.15) is 6.10 Å². The lowest BCUT2D eigenvalue weighted by Crippen LogP contribution is -2.45. The van der Waals surface area contributed by atoms with Crippen LogP contribution in [0.1, 0.15) is 45.1 Å². The van der Waals surface area contributed by atoms with E-state index in [4.69, 9.17) is 9.47 Å². The van der Waals surface area contributed by atoms with Crippen LogP contribution in [0.3, 0.4) is 0 Å². The van der Waals surface area contributed by atoms with Crippen molar-refractivity contribution in [3.63, 3.8) is 0 Å². The van der Waals surface area contributed by atoms with Crippen molar-refractivity contribution in [1.29, 1.82) is 0 Å². The van der Waals surface area contributed by atoms with Crippen LogP contribution in [-0.4, -0.2) is 25.8 Å². The monoisotopic (exact) mass is 277 g/mol. The first kappa shape index (κ1) is 15.2. The average Bonchev–Trinajstić information content (AvgIpc) is 2.50. The minimum absolute atomic E-state index is 0.255. The molecule has 0 aromatic heterocycles. The Morgan fingerprint density at radius 1 is 1.15 bits per heavy atom. The normalized spacial score (nSPS) is 22.6. The summed E-state index contributed by atoms with van der Waals surface area (Å²) in [5.74, 6) is 1.73. The fourth-order valence-corrected chi connectivity index (χ4v) is 2.93. The highest BCUT2D eigenvalue weighted by molar-refractivity contribution is 5.43. The number of methoxy groups -OCH3 is 1. The molecule has 2 rings (SSSR count). The third kappa shape index (κ3) is 3.66. The summed E-state index contributed by atoms with van der Waals surface area (Å²) in [4.78, 5) is 0. The molecule has 0 amide bonds. The number of ether oxygens (including phenoxy) is 2. The summed E-state index contributed by atoms with van der Waals surface area (Å²) in [5.41, 5.74) is 1.28. The van der Waals surface area contributed by atoms with Crippen molar-refractivity contribution in [1.82, 2.24) is 5.32 Å². The lowest BCUT2D eigenvalue weighted by molar-refractivity contribution is 0.111. The maximum atomic E-state index is 6.25. The zero-order valence-corrected chi connectivity index (χ0v) is 12.9. The molecule has 0 spiro atoms. The molecule has 1 aliphatic rings. The molecule has 1 aromatic rings. The molecule has 0 radical (unpaired) electrons. The SMILES string of the molecule is CCNC1CCCCC1Oc1ccc(CC)cc1OC. The number of likely N-dealkylation sites (N-methyl/N-ethyl adjacent to an activating group) is 1. The number of hydrogen-bond donors (Lipinski definition) is 1. The Morgan fingerprint density at radius 2 is 1.95 bits per heavy atom. The van der Waals surface area contributed by atoms with Gasteiger partial charge in [0.15, 0.2) is 11.5 Å².